The van der Waals surface area contributed by atoms with Gasteiger partial charge in [-0.3, -0.25) is 14.5 Å². The lowest BCUT2D eigenvalue weighted by molar-refractivity contribution is -0.128. The lowest BCUT2D eigenvalue weighted by atomic mass is 9.96. The van der Waals surface area contributed by atoms with Crippen LogP contribution in [0, 0.1) is 5.41 Å². The zero-order chi connectivity index (χ0) is 17.7. The van der Waals surface area contributed by atoms with Crippen LogP contribution >= 0.6 is 0 Å². The summed E-state index contributed by atoms with van der Waals surface area (Å²) in [5.41, 5.74) is 0.931. The van der Waals surface area contributed by atoms with E-state index in [4.69, 9.17) is 0 Å². The van der Waals surface area contributed by atoms with Gasteiger partial charge in [-0.05, 0) is 12.0 Å². The van der Waals surface area contributed by atoms with Crippen molar-refractivity contribution in [3.05, 3.63) is 18.0 Å². The topological polar surface area (TPSA) is 74.6 Å². The van der Waals surface area contributed by atoms with E-state index in [-0.39, 0.29) is 11.3 Å². The standard InChI is InChI=1S/C17H30N6O/c1-17(2,3)15(24)19-7-8-20-16(18-4)23-9-6-13(12-23)14-10-21-22(5)11-14/h10-11,13H,6-9,12H2,1-5H3,(H,18,20)(H,19,24). The SMILES string of the molecule is CN=C(NCCNC(=O)C(C)(C)C)N1CCC(c2cnn(C)c2)C1. The van der Waals surface area contributed by atoms with Gasteiger partial charge in [0.15, 0.2) is 5.96 Å². The fraction of sp³-hybridized carbons (Fsp3) is 0.706. The van der Waals surface area contributed by atoms with Crippen molar-refractivity contribution >= 4 is 11.9 Å². The van der Waals surface area contributed by atoms with E-state index in [1.54, 1.807) is 7.05 Å². The van der Waals surface area contributed by atoms with Gasteiger partial charge in [-0.2, -0.15) is 5.10 Å². The molecule has 1 aliphatic heterocycles. The second-order valence-electron chi connectivity index (χ2n) is 7.36. The summed E-state index contributed by atoms with van der Waals surface area (Å²) in [6.45, 7) is 8.93. The Hall–Kier alpha value is -2.05. The molecular formula is C17H30N6O. The van der Waals surface area contributed by atoms with Crippen molar-refractivity contribution in [2.24, 2.45) is 17.5 Å². The summed E-state index contributed by atoms with van der Waals surface area (Å²) >= 11 is 0. The molecule has 0 spiro atoms. The molecule has 2 heterocycles. The number of amides is 1. The third kappa shape index (κ3) is 4.72. The number of rotatable bonds is 4. The summed E-state index contributed by atoms with van der Waals surface area (Å²) in [4.78, 5) is 18.5. The Balaban J connectivity index is 1.77. The molecule has 24 heavy (non-hydrogen) atoms. The quantitative estimate of drug-likeness (QED) is 0.488. The van der Waals surface area contributed by atoms with Crippen molar-refractivity contribution in [1.82, 2.24) is 25.3 Å². The maximum Gasteiger partial charge on any atom is 0.225 e. The molecule has 1 fully saturated rings. The van der Waals surface area contributed by atoms with Crippen LogP contribution in [0.5, 0.6) is 0 Å². The first-order chi connectivity index (χ1) is 11.3. The highest BCUT2D eigenvalue weighted by molar-refractivity contribution is 5.82. The second kappa shape index (κ2) is 7.68. The minimum absolute atomic E-state index is 0.0668. The number of hydrogen-bond acceptors (Lipinski definition) is 3. The molecule has 7 heteroatoms. The number of nitrogens with one attached hydrogen (secondary N) is 2. The minimum Gasteiger partial charge on any atom is -0.354 e. The summed E-state index contributed by atoms with van der Waals surface area (Å²) in [5.74, 6) is 1.46. The number of hydrogen-bond donors (Lipinski definition) is 2. The predicted octanol–water partition coefficient (Wildman–Crippen LogP) is 0.947. The van der Waals surface area contributed by atoms with Gasteiger partial charge in [-0.1, -0.05) is 20.8 Å². The van der Waals surface area contributed by atoms with Crippen LogP contribution < -0.4 is 10.6 Å². The molecule has 1 aromatic rings. The molecule has 2 N–H and O–H groups in total. The summed E-state index contributed by atoms with van der Waals surface area (Å²) in [6, 6.07) is 0. The smallest absolute Gasteiger partial charge is 0.225 e. The summed E-state index contributed by atoms with van der Waals surface area (Å²) in [6.07, 6.45) is 5.14. The van der Waals surface area contributed by atoms with Gasteiger partial charge < -0.3 is 15.5 Å². The number of aromatic nitrogens is 2. The van der Waals surface area contributed by atoms with E-state index in [0.717, 1.165) is 25.5 Å². The number of carbonyl (C=O) groups excluding carboxylic acids is 1. The van der Waals surface area contributed by atoms with Crippen LogP contribution in [0.2, 0.25) is 0 Å². The molecule has 2 rings (SSSR count). The van der Waals surface area contributed by atoms with Gasteiger partial charge in [0, 0.05) is 57.8 Å². The first-order valence-corrected chi connectivity index (χ1v) is 8.53. The van der Waals surface area contributed by atoms with Crippen molar-refractivity contribution in [2.45, 2.75) is 33.1 Å². The van der Waals surface area contributed by atoms with E-state index < -0.39 is 0 Å². The fourth-order valence-corrected chi connectivity index (χ4v) is 2.82. The average molecular weight is 334 g/mol. The highest BCUT2D eigenvalue weighted by atomic mass is 16.2. The molecule has 0 radical (unpaired) electrons. The molecule has 0 bridgehead atoms. The van der Waals surface area contributed by atoms with E-state index in [1.165, 1.54) is 5.56 Å². The van der Waals surface area contributed by atoms with E-state index >= 15 is 0 Å². The van der Waals surface area contributed by atoms with E-state index in [1.807, 2.05) is 38.7 Å². The Bertz CT molecular complexity index is 586. The molecule has 0 saturated carbocycles. The van der Waals surface area contributed by atoms with Gasteiger partial charge in [0.1, 0.15) is 0 Å². The third-order valence-corrected chi connectivity index (χ3v) is 4.27. The maximum absolute atomic E-state index is 11.8. The van der Waals surface area contributed by atoms with Gasteiger partial charge in [-0.15, -0.1) is 0 Å². The first kappa shape index (κ1) is 18.3. The van der Waals surface area contributed by atoms with Gasteiger partial charge >= 0.3 is 0 Å². The van der Waals surface area contributed by atoms with E-state index in [2.05, 4.69) is 31.8 Å². The fourth-order valence-electron chi connectivity index (χ4n) is 2.82. The average Bonchev–Trinajstić information content (AvgIpc) is 3.15. The zero-order valence-electron chi connectivity index (χ0n) is 15.5. The molecule has 134 valence electrons. The van der Waals surface area contributed by atoms with Crippen molar-refractivity contribution in [3.63, 3.8) is 0 Å². The lowest BCUT2D eigenvalue weighted by Crippen LogP contribution is -2.44. The molecule has 1 atom stereocenters. The number of guanidine groups is 1. The third-order valence-electron chi connectivity index (χ3n) is 4.27. The summed E-state index contributed by atoms with van der Waals surface area (Å²) in [5, 5.41) is 10.5. The largest absolute Gasteiger partial charge is 0.354 e. The molecule has 0 aliphatic carbocycles. The number of aliphatic imine (C=N–C) groups is 1. The molecule has 7 nitrogen and oxygen atoms in total. The summed E-state index contributed by atoms with van der Waals surface area (Å²) in [7, 11) is 3.75. The molecule has 1 aromatic heterocycles. The minimum atomic E-state index is -0.354. The van der Waals surface area contributed by atoms with Crippen LogP contribution in [0.4, 0.5) is 0 Å². The van der Waals surface area contributed by atoms with Gasteiger partial charge in [-0.25, -0.2) is 0 Å². The van der Waals surface area contributed by atoms with Crippen molar-refractivity contribution in [1.29, 1.82) is 0 Å². The normalized spacial score (nSPS) is 18.8. The van der Waals surface area contributed by atoms with Crippen LogP contribution in [0.25, 0.3) is 0 Å². The summed E-state index contributed by atoms with van der Waals surface area (Å²) < 4.78 is 1.85. The number of nitrogens with zero attached hydrogens (tertiary/aromatic N) is 4. The van der Waals surface area contributed by atoms with Crippen molar-refractivity contribution < 1.29 is 4.79 Å². The van der Waals surface area contributed by atoms with Crippen LogP contribution in [0.15, 0.2) is 17.4 Å². The first-order valence-electron chi connectivity index (χ1n) is 8.53. The number of carbonyl (C=O) groups is 1. The highest BCUT2D eigenvalue weighted by Gasteiger charge is 2.27. The number of likely N-dealkylation sites (tertiary alicyclic amines) is 1. The molecular weight excluding hydrogens is 304 g/mol. The maximum atomic E-state index is 11.8. The Labute approximate surface area is 144 Å². The molecule has 1 aliphatic rings. The van der Waals surface area contributed by atoms with E-state index in [0.29, 0.717) is 19.0 Å². The molecule has 1 unspecified atom stereocenters. The van der Waals surface area contributed by atoms with Crippen molar-refractivity contribution in [2.75, 3.05) is 33.2 Å². The van der Waals surface area contributed by atoms with Crippen molar-refractivity contribution in [3.8, 4) is 0 Å². The van der Waals surface area contributed by atoms with Crippen LogP contribution in [-0.2, 0) is 11.8 Å². The Kier molecular flexibility index (Phi) is 5.85. The van der Waals surface area contributed by atoms with Gasteiger partial charge in [0.2, 0.25) is 5.91 Å². The van der Waals surface area contributed by atoms with Gasteiger partial charge in [0.25, 0.3) is 0 Å². The van der Waals surface area contributed by atoms with Crippen LogP contribution in [0.1, 0.15) is 38.7 Å². The molecule has 0 aromatic carbocycles. The molecule has 1 amide bonds. The lowest BCUT2D eigenvalue weighted by Gasteiger charge is -2.22. The molecule has 1 saturated heterocycles. The van der Waals surface area contributed by atoms with Crippen LogP contribution in [-0.4, -0.2) is 59.8 Å². The Morgan fingerprint density at radius 2 is 2.08 bits per heavy atom. The monoisotopic (exact) mass is 334 g/mol. The second-order valence-corrected chi connectivity index (χ2v) is 7.36. The van der Waals surface area contributed by atoms with E-state index in [9.17, 15) is 4.79 Å². The Morgan fingerprint density at radius 1 is 1.38 bits per heavy atom. The van der Waals surface area contributed by atoms with Gasteiger partial charge in [0.05, 0.1) is 6.20 Å². The predicted molar refractivity (Wildman–Crippen MR) is 96.0 cm³/mol. The number of aryl methyl sites for hydroxylation is 1. The highest BCUT2D eigenvalue weighted by Crippen LogP contribution is 2.26. The Morgan fingerprint density at radius 3 is 2.67 bits per heavy atom. The zero-order valence-corrected chi connectivity index (χ0v) is 15.5. The van der Waals surface area contributed by atoms with Crippen LogP contribution in [0.3, 0.4) is 0 Å².